The SMILES string of the molecule is C=C(C)n1cc(NC=O)ccc1=N/C=C/CON.CC.Cc1ccc(OCc2ccccn2)cc1. The van der Waals surface area contributed by atoms with Crippen LogP contribution in [-0.4, -0.2) is 22.6 Å². The van der Waals surface area contributed by atoms with E-state index in [1.54, 1.807) is 41.4 Å². The van der Waals surface area contributed by atoms with E-state index in [-0.39, 0.29) is 0 Å². The van der Waals surface area contributed by atoms with Gasteiger partial charge in [0.15, 0.2) is 0 Å². The van der Waals surface area contributed by atoms with Crippen LogP contribution in [0.2, 0.25) is 0 Å². The number of carbonyl (C=O) groups excluding carboxylic acids is 1. The number of rotatable bonds is 9. The molecule has 8 nitrogen and oxygen atoms in total. The molecule has 0 aliphatic carbocycles. The molecule has 35 heavy (non-hydrogen) atoms. The van der Waals surface area contributed by atoms with Crippen molar-refractivity contribution in [3.05, 3.63) is 103 Å². The molecular weight excluding hydrogens is 442 g/mol. The van der Waals surface area contributed by atoms with Crippen LogP contribution in [0.3, 0.4) is 0 Å². The number of hydrogen-bond donors (Lipinski definition) is 2. The molecule has 1 amide bonds. The first-order valence-corrected chi connectivity index (χ1v) is 11.2. The topological polar surface area (TPSA) is 104 Å². The number of allylic oxidation sites excluding steroid dienone is 1. The van der Waals surface area contributed by atoms with Crippen LogP contribution in [0, 0.1) is 6.92 Å². The third-order valence-corrected chi connectivity index (χ3v) is 4.20. The van der Waals surface area contributed by atoms with Gasteiger partial charge in [-0.05, 0) is 56.3 Å². The van der Waals surface area contributed by atoms with Crippen molar-refractivity contribution in [2.75, 3.05) is 11.9 Å². The minimum Gasteiger partial charge on any atom is -0.487 e. The zero-order valence-corrected chi connectivity index (χ0v) is 20.8. The Labute approximate surface area is 207 Å². The summed E-state index contributed by atoms with van der Waals surface area (Å²) in [6.07, 6.45) is 7.40. The van der Waals surface area contributed by atoms with Crippen LogP contribution in [0.1, 0.15) is 32.0 Å². The number of hydrogen-bond acceptors (Lipinski definition) is 6. The number of amides is 1. The van der Waals surface area contributed by atoms with Gasteiger partial charge in [-0.1, -0.05) is 44.2 Å². The molecule has 0 bridgehead atoms. The molecule has 0 saturated heterocycles. The fourth-order valence-electron chi connectivity index (χ4n) is 2.56. The highest BCUT2D eigenvalue weighted by atomic mass is 16.6. The van der Waals surface area contributed by atoms with Crippen molar-refractivity contribution in [1.29, 1.82) is 0 Å². The summed E-state index contributed by atoms with van der Waals surface area (Å²) in [6, 6.07) is 17.3. The second-order valence-corrected chi connectivity index (χ2v) is 6.91. The molecule has 0 unspecified atom stereocenters. The molecule has 0 aliphatic rings. The van der Waals surface area contributed by atoms with Crippen LogP contribution in [0.5, 0.6) is 5.75 Å². The Balaban J connectivity index is 0.000000331. The molecule has 0 saturated carbocycles. The minimum atomic E-state index is 0.293. The molecule has 3 aromatic rings. The molecule has 1 aromatic carbocycles. The molecule has 0 aliphatic heterocycles. The lowest BCUT2D eigenvalue weighted by Crippen LogP contribution is -2.18. The van der Waals surface area contributed by atoms with Gasteiger partial charge >= 0.3 is 0 Å². The van der Waals surface area contributed by atoms with Gasteiger partial charge < -0.3 is 19.5 Å². The fraction of sp³-hybridized carbons (Fsp3) is 0.222. The van der Waals surface area contributed by atoms with Gasteiger partial charge in [-0.25, -0.2) is 10.9 Å². The van der Waals surface area contributed by atoms with Crippen LogP contribution in [-0.2, 0) is 16.2 Å². The average molecular weight is 478 g/mol. The summed E-state index contributed by atoms with van der Waals surface area (Å²) in [5.74, 6) is 5.77. The van der Waals surface area contributed by atoms with E-state index in [1.807, 2.05) is 63.2 Å². The van der Waals surface area contributed by atoms with Crippen LogP contribution in [0.25, 0.3) is 5.70 Å². The van der Waals surface area contributed by atoms with Crippen LogP contribution in [0.15, 0.2) is 90.8 Å². The first kappa shape index (κ1) is 29.0. The van der Waals surface area contributed by atoms with Crippen LogP contribution < -0.4 is 21.4 Å². The third kappa shape index (κ3) is 11.6. The highest BCUT2D eigenvalue weighted by molar-refractivity contribution is 5.70. The predicted molar refractivity (Wildman–Crippen MR) is 141 cm³/mol. The van der Waals surface area contributed by atoms with Crippen LogP contribution in [0.4, 0.5) is 5.69 Å². The van der Waals surface area contributed by atoms with Crippen molar-refractivity contribution < 1.29 is 14.4 Å². The second-order valence-electron chi connectivity index (χ2n) is 6.91. The molecule has 0 radical (unpaired) electrons. The maximum atomic E-state index is 10.4. The lowest BCUT2D eigenvalue weighted by molar-refractivity contribution is -0.105. The van der Waals surface area contributed by atoms with Gasteiger partial charge in [0, 0.05) is 24.3 Å². The fourth-order valence-corrected chi connectivity index (χ4v) is 2.56. The Bertz CT molecular complexity index is 1110. The van der Waals surface area contributed by atoms with Gasteiger partial charge in [-0.15, -0.1) is 0 Å². The molecule has 0 spiro atoms. The minimum absolute atomic E-state index is 0.293. The van der Waals surface area contributed by atoms with Crippen molar-refractivity contribution in [3.8, 4) is 5.75 Å². The predicted octanol–water partition coefficient (Wildman–Crippen LogP) is 4.85. The Hall–Kier alpha value is -4.01. The summed E-state index contributed by atoms with van der Waals surface area (Å²) < 4.78 is 7.35. The normalized spacial score (nSPS) is 10.5. The Morgan fingerprint density at radius 3 is 2.51 bits per heavy atom. The van der Waals surface area contributed by atoms with Crippen molar-refractivity contribution in [1.82, 2.24) is 9.55 Å². The first-order valence-electron chi connectivity index (χ1n) is 11.2. The number of nitrogens with zero attached hydrogens (tertiary/aromatic N) is 3. The molecule has 2 heterocycles. The molecular formula is C27H35N5O3. The lowest BCUT2D eigenvalue weighted by Gasteiger charge is -2.08. The van der Waals surface area contributed by atoms with Gasteiger partial charge in [0.05, 0.1) is 18.0 Å². The molecule has 3 rings (SSSR count). The smallest absolute Gasteiger partial charge is 0.211 e. The first-order chi connectivity index (χ1) is 17.0. The van der Waals surface area contributed by atoms with Gasteiger partial charge in [0.25, 0.3) is 0 Å². The number of aromatic nitrogens is 2. The van der Waals surface area contributed by atoms with Gasteiger partial charge in [0.1, 0.15) is 17.8 Å². The molecule has 0 fully saturated rings. The number of carbonyl (C=O) groups is 1. The van der Waals surface area contributed by atoms with E-state index >= 15 is 0 Å². The zero-order chi connectivity index (χ0) is 25.9. The van der Waals surface area contributed by atoms with Crippen molar-refractivity contribution in [3.63, 3.8) is 0 Å². The lowest BCUT2D eigenvalue weighted by atomic mass is 10.2. The molecule has 0 atom stereocenters. The van der Waals surface area contributed by atoms with E-state index < -0.39 is 0 Å². The van der Waals surface area contributed by atoms with Gasteiger partial charge in [-0.3, -0.25) is 9.78 Å². The Morgan fingerprint density at radius 2 is 1.91 bits per heavy atom. The van der Waals surface area contributed by atoms with Gasteiger partial charge in [-0.2, -0.15) is 0 Å². The zero-order valence-electron chi connectivity index (χ0n) is 20.8. The van der Waals surface area contributed by atoms with E-state index in [9.17, 15) is 4.79 Å². The summed E-state index contributed by atoms with van der Waals surface area (Å²) in [6.45, 7) is 12.6. The number of ether oxygens (including phenoxy) is 1. The molecule has 186 valence electrons. The van der Waals surface area contributed by atoms with Crippen molar-refractivity contribution >= 4 is 17.8 Å². The summed E-state index contributed by atoms with van der Waals surface area (Å²) in [5.41, 5.74) is 4.32. The number of pyridine rings is 2. The van der Waals surface area contributed by atoms with E-state index in [0.717, 1.165) is 17.1 Å². The quantitative estimate of drug-likeness (QED) is 0.339. The standard InChI is InChI=1S/C13H13NO.C12H16N4O2.C2H6/c1-11-5-7-13(8-6-11)15-10-12-4-2-3-9-14-12;1-10(2)16-8-11(15-9-17)4-5-12(16)14-6-3-7-18-13;1-2/h2-9H,10H2,1H3;3-6,8-9H,1,7,13H2,2H3,(H,15,17);1-2H3/b;6-3+,14-12?;. The summed E-state index contributed by atoms with van der Waals surface area (Å²) in [5, 5.41) is 2.57. The van der Waals surface area contributed by atoms with E-state index in [2.05, 4.69) is 33.6 Å². The van der Waals surface area contributed by atoms with Crippen molar-refractivity contribution in [2.45, 2.75) is 34.3 Å². The summed E-state index contributed by atoms with van der Waals surface area (Å²) in [7, 11) is 0. The molecule has 3 N–H and O–H groups in total. The van der Waals surface area contributed by atoms with Gasteiger partial charge in [0.2, 0.25) is 6.41 Å². The average Bonchev–Trinajstić information content (AvgIpc) is 2.89. The monoisotopic (exact) mass is 477 g/mol. The number of aryl methyl sites for hydroxylation is 1. The third-order valence-electron chi connectivity index (χ3n) is 4.20. The van der Waals surface area contributed by atoms with E-state index in [4.69, 9.17) is 10.6 Å². The van der Waals surface area contributed by atoms with Crippen LogP contribution >= 0.6 is 0 Å². The second kappa shape index (κ2) is 17.5. The molecule has 8 heteroatoms. The molecule has 2 aromatic heterocycles. The van der Waals surface area contributed by atoms with E-state index in [1.165, 1.54) is 5.56 Å². The highest BCUT2D eigenvalue weighted by Gasteiger charge is 1.97. The number of nitrogens with two attached hydrogens (primary N) is 1. The van der Waals surface area contributed by atoms with E-state index in [0.29, 0.717) is 30.8 Å². The maximum Gasteiger partial charge on any atom is 0.211 e. The number of benzene rings is 1. The Morgan fingerprint density at radius 1 is 1.17 bits per heavy atom. The maximum absolute atomic E-state index is 10.4. The highest BCUT2D eigenvalue weighted by Crippen LogP contribution is 2.12. The Kier molecular flexibility index (Phi) is 14.5. The largest absolute Gasteiger partial charge is 0.487 e. The number of anilines is 1. The summed E-state index contributed by atoms with van der Waals surface area (Å²) >= 11 is 0. The summed E-state index contributed by atoms with van der Waals surface area (Å²) in [4.78, 5) is 23.2. The van der Waals surface area contributed by atoms with Crippen molar-refractivity contribution in [2.24, 2.45) is 10.9 Å². The number of nitrogens with one attached hydrogen (secondary N) is 1.